The van der Waals surface area contributed by atoms with E-state index in [4.69, 9.17) is 0 Å². The van der Waals surface area contributed by atoms with E-state index in [1.165, 1.54) is 11.1 Å². The van der Waals surface area contributed by atoms with Crippen molar-refractivity contribution in [1.82, 2.24) is 15.2 Å². The van der Waals surface area contributed by atoms with Gasteiger partial charge in [-0.15, -0.1) is 0 Å². The monoisotopic (exact) mass is 340 g/mol. The lowest BCUT2D eigenvalue weighted by Crippen LogP contribution is -2.27. The highest BCUT2D eigenvalue weighted by Crippen LogP contribution is 2.25. The first-order valence-electron chi connectivity index (χ1n) is 8.75. The van der Waals surface area contributed by atoms with Crippen molar-refractivity contribution < 1.29 is 4.79 Å². The Morgan fingerprint density at radius 3 is 2.64 bits per heavy atom. The van der Waals surface area contributed by atoms with Crippen LogP contribution in [-0.4, -0.2) is 43.0 Å². The van der Waals surface area contributed by atoms with E-state index in [0.717, 1.165) is 30.8 Å². The molecule has 5 heteroatoms. The maximum atomic E-state index is 12.1. The van der Waals surface area contributed by atoms with Gasteiger partial charge < -0.3 is 15.5 Å². The average molecular weight is 340 g/mol. The molecule has 2 N–H and O–H groups in total. The Balaban J connectivity index is 1.97. The number of aryl methyl sites for hydroxylation is 2. The van der Waals surface area contributed by atoms with Crippen LogP contribution in [0.15, 0.2) is 36.5 Å². The number of hydrogen-bond acceptors (Lipinski definition) is 4. The highest BCUT2D eigenvalue weighted by Gasteiger charge is 2.08. The summed E-state index contributed by atoms with van der Waals surface area (Å²) in [6, 6.07) is 9.94. The second-order valence-corrected chi connectivity index (χ2v) is 6.43. The van der Waals surface area contributed by atoms with E-state index in [1.807, 2.05) is 20.2 Å². The lowest BCUT2D eigenvalue weighted by Gasteiger charge is -2.14. The van der Waals surface area contributed by atoms with Crippen LogP contribution in [0.5, 0.6) is 0 Å². The summed E-state index contributed by atoms with van der Waals surface area (Å²) in [4.78, 5) is 18.5. The Bertz CT molecular complexity index is 695. The Morgan fingerprint density at radius 1 is 1.20 bits per heavy atom. The summed E-state index contributed by atoms with van der Waals surface area (Å²) in [6.07, 6.45) is 3.59. The molecule has 0 atom stereocenters. The van der Waals surface area contributed by atoms with Crippen LogP contribution in [0.1, 0.15) is 35.0 Å². The van der Waals surface area contributed by atoms with Crippen molar-refractivity contribution in [2.45, 2.75) is 26.7 Å². The number of aromatic nitrogens is 1. The number of para-hydroxylation sites is 1. The van der Waals surface area contributed by atoms with E-state index < -0.39 is 0 Å². The Kier molecular flexibility index (Phi) is 6.95. The molecule has 0 aliphatic heterocycles. The number of carbonyl (C=O) groups is 1. The molecule has 2 rings (SSSR count). The average Bonchev–Trinajstić information content (AvgIpc) is 2.60. The molecule has 0 saturated carbocycles. The minimum atomic E-state index is -0.129. The van der Waals surface area contributed by atoms with Crippen LogP contribution in [0.25, 0.3) is 0 Å². The molecular weight excluding hydrogens is 312 g/mol. The molecule has 0 unspecified atom stereocenters. The number of benzene rings is 1. The van der Waals surface area contributed by atoms with E-state index in [1.54, 1.807) is 12.3 Å². The summed E-state index contributed by atoms with van der Waals surface area (Å²) in [5, 5.41) is 6.33. The summed E-state index contributed by atoms with van der Waals surface area (Å²) in [7, 11) is 4.04. The van der Waals surface area contributed by atoms with Gasteiger partial charge >= 0.3 is 0 Å². The summed E-state index contributed by atoms with van der Waals surface area (Å²) >= 11 is 0. The van der Waals surface area contributed by atoms with Crippen LogP contribution in [0.2, 0.25) is 0 Å². The van der Waals surface area contributed by atoms with Crippen LogP contribution >= 0.6 is 0 Å². The molecule has 1 aromatic carbocycles. The maximum absolute atomic E-state index is 12.1. The maximum Gasteiger partial charge on any atom is 0.269 e. The number of rotatable bonds is 8. The fourth-order valence-corrected chi connectivity index (χ4v) is 2.64. The van der Waals surface area contributed by atoms with Crippen LogP contribution in [0.3, 0.4) is 0 Å². The third-order valence-corrected chi connectivity index (χ3v) is 4.07. The Hall–Kier alpha value is -2.40. The molecule has 25 heavy (non-hydrogen) atoms. The van der Waals surface area contributed by atoms with E-state index >= 15 is 0 Å². The standard InChI is InChI=1S/C20H28N4O/c1-5-16-9-6-8-15(2)19(16)23-17-10-11-18(22-14-17)20(25)21-12-7-13-24(3)4/h6,8-11,14,23H,5,7,12-13H2,1-4H3,(H,21,25). The molecule has 2 aromatic rings. The summed E-state index contributed by atoms with van der Waals surface area (Å²) in [5.41, 5.74) is 4.90. The molecule has 1 amide bonds. The van der Waals surface area contributed by atoms with Gasteiger partial charge in [-0.2, -0.15) is 0 Å². The first kappa shape index (κ1) is 18.9. The number of anilines is 2. The largest absolute Gasteiger partial charge is 0.354 e. The highest BCUT2D eigenvalue weighted by molar-refractivity contribution is 5.92. The van der Waals surface area contributed by atoms with Crippen LogP contribution in [0, 0.1) is 6.92 Å². The molecule has 5 nitrogen and oxygen atoms in total. The molecule has 0 aliphatic rings. The van der Waals surface area contributed by atoms with Crippen molar-refractivity contribution in [2.75, 3.05) is 32.5 Å². The molecule has 134 valence electrons. The third kappa shape index (κ3) is 5.57. The first-order valence-corrected chi connectivity index (χ1v) is 8.75. The first-order chi connectivity index (χ1) is 12.0. The van der Waals surface area contributed by atoms with Gasteiger partial charge in [-0.25, -0.2) is 4.98 Å². The van der Waals surface area contributed by atoms with E-state index in [0.29, 0.717) is 12.2 Å². The lowest BCUT2D eigenvalue weighted by atomic mass is 10.1. The molecular formula is C20H28N4O. The van der Waals surface area contributed by atoms with Gasteiger partial charge in [-0.1, -0.05) is 25.1 Å². The molecule has 1 heterocycles. The fraction of sp³-hybridized carbons (Fsp3) is 0.400. The highest BCUT2D eigenvalue weighted by atomic mass is 16.1. The number of pyridine rings is 1. The van der Waals surface area contributed by atoms with Crippen molar-refractivity contribution >= 4 is 17.3 Å². The quantitative estimate of drug-likeness (QED) is 0.723. The van der Waals surface area contributed by atoms with Gasteiger partial charge in [0.15, 0.2) is 0 Å². The molecule has 0 aliphatic carbocycles. The van der Waals surface area contributed by atoms with Crippen molar-refractivity contribution in [1.29, 1.82) is 0 Å². The SMILES string of the molecule is CCc1cccc(C)c1Nc1ccc(C(=O)NCCCN(C)C)nc1. The predicted molar refractivity (Wildman–Crippen MR) is 104 cm³/mol. The van der Waals surface area contributed by atoms with E-state index in [9.17, 15) is 4.79 Å². The molecule has 0 radical (unpaired) electrons. The number of nitrogens with one attached hydrogen (secondary N) is 2. The van der Waals surface area contributed by atoms with Crippen LogP contribution in [-0.2, 0) is 6.42 Å². The number of amides is 1. The van der Waals surface area contributed by atoms with E-state index in [2.05, 4.69) is 52.6 Å². The van der Waals surface area contributed by atoms with Crippen LogP contribution < -0.4 is 10.6 Å². The van der Waals surface area contributed by atoms with Gasteiger partial charge in [0.2, 0.25) is 0 Å². The van der Waals surface area contributed by atoms with Gasteiger partial charge in [0, 0.05) is 12.2 Å². The smallest absolute Gasteiger partial charge is 0.269 e. The summed E-state index contributed by atoms with van der Waals surface area (Å²) in [6.45, 7) is 5.83. The molecule has 0 saturated heterocycles. The van der Waals surface area contributed by atoms with Crippen molar-refractivity contribution in [2.24, 2.45) is 0 Å². The lowest BCUT2D eigenvalue weighted by molar-refractivity contribution is 0.0947. The van der Waals surface area contributed by atoms with Gasteiger partial charge in [0.25, 0.3) is 5.91 Å². The minimum Gasteiger partial charge on any atom is -0.354 e. The van der Waals surface area contributed by atoms with Gasteiger partial charge in [0.1, 0.15) is 5.69 Å². The van der Waals surface area contributed by atoms with Crippen molar-refractivity contribution in [3.05, 3.63) is 53.3 Å². The van der Waals surface area contributed by atoms with Crippen molar-refractivity contribution in [3.63, 3.8) is 0 Å². The zero-order valence-corrected chi connectivity index (χ0v) is 15.6. The Morgan fingerprint density at radius 2 is 2.00 bits per heavy atom. The second-order valence-electron chi connectivity index (χ2n) is 6.43. The minimum absolute atomic E-state index is 0.129. The van der Waals surface area contributed by atoms with Gasteiger partial charge in [-0.05, 0) is 63.7 Å². The number of nitrogens with zero attached hydrogens (tertiary/aromatic N) is 2. The van der Waals surface area contributed by atoms with Gasteiger partial charge in [0.05, 0.1) is 11.9 Å². The summed E-state index contributed by atoms with van der Waals surface area (Å²) < 4.78 is 0. The predicted octanol–water partition coefficient (Wildman–Crippen LogP) is 3.38. The molecule has 0 bridgehead atoms. The number of hydrogen-bond donors (Lipinski definition) is 2. The molecule has 1 aromatic heterocycles. The third-order valence-electron chi connectivity index (χ3n) is 4.07. The topological polar surface area (TPSA) is 57.3 Å². The molecule has 0 fully saturated rings. The van der Waals surface area contributed by atoms with Gasteiger partial charge in [-0.3, -0.25) is 4.79 Å². The second kappa shape index (κ2) is 9.18. The fourth-order valence-electron chi connectivity index (χ4n) is 2.64. The van der Waals surface area contributed by atoms with Crippen molar-refractivity contribution in [3.8, 4) is 0 Å². The zero-order chi connectivity index (χ0) is 18.2. The zero-order valence-electron chi connectivity index (χ0n) is 15.6. The number of carbonyl (C=O) groups excluding carboxylic acids is 1. The summed E-state index contributed by atoms with van der Waals surface area (Å²) in [5.74, 6) is -0.129. The van der Waals surface area contributed by atoms with Crippen LogP contribution in [0.4, 0.5) is 11.4 Å². The van der Waals surface area contributed by atoms with E-state index in [-0.39, 0.29) is 5.91 Å². The Labute approximate surface area is 150 Å². The normalized spacial score (nSPS) is 10.8. The molecule has 0 spiro atoms.